The monoisotopic (exact) mass is 361 g/mol. The first kappa shape index (κ1) is 15.5. The molecule has 3 atom stereocenters. The molecular formula is C14H20BrNOS2. The van der Waals surface area contributed by atoms with Crippen molar-refractivity contribution in [3.8, 4) is 5.75 Å². The number of hydrogen-bond acceptors (Lipinski definition) is 4. The van der Waals surface area contributed by atoms with E-state index in [9.17, 15) is 0 Å². The fraction of sp³-hybridized carbons (Fsp3) is 0.571. The lowest BCUT2D eigenvalue weighted by Gasteiger charge is -2.32. The lowest BCUT2D eigenvalue weighted by molar-refractivity contribution is 0.412. The third kappa shape index (κ3) is 4.06. The zero-order chi connectivity index (χ0) is 13.8. The van der Waals surface area contributed by atoms with E-state index >= 15 is 0 Å². The van der Waals surface area contributed by atoms with Gasteiger partial charge in [0.05, 0.1) is 11.6 Å². The molecule has 19 heavy (non-hydrogen) atoms. The van der Waals surface area contributed by atoms with E-state index in [1.807, 2.05) is 29.6 Å². The molecule has 0 saturated carbocycles. The van der Waals surface area contributed by atoms with Gasteiger partial charge in [-0.1, -0.05) is 13.0 Å². The minimum atomic E-state index is 0.216. The Hall–Kier alpha value is 0.160. The third-order valence-corrected chi connectivity index (χ3v) is 7.24. The van der Waals surface area contributed by atoms with Crippen LogP contribution < -0.4 is 10.5 Å². The Kier molecular flexibility index (Phi) is 5.93. The average molecular weight is 362 g/mol. The van der Waals surface area contributed by atoms with Crippen molar-refractivity contribution in [1.29, 1.82) is 0 Å². The molecule has 0 aromatic heterocycles. The molecule has 0 aliphatic carbocycles. The molecule has 1 aromatic carbocycles. The van der Waals surface area contributed by atoms with Crippen molar-refractivity contribution in [2.45, 2.75) is 29.9 Å². The van der Waals surface area contributed by atoms with Crippen molar-refractivity contribution in [3.63, 3.8) is 0 Å². The number of halogens is 1. The highest BCUT2D eigenvalue weighted by atomic mass is 79.9. The quantitative estimate of drug-likeness (QED) is 0.888. The van der Waals surface area contributed by atoms with Crippen LogP contribution in [0.4, 0.5) is 0 Å². The Morgan fingerprint density at radius 1 is 1.42 bits per heavy atom. The standard InChI is InChI=1S/C14H20BrNOS2/c1-9-14(19-6-5-18-9)12(16)8-10-3-4-13(17-2)11(15)7-10/h3-4,7,9,12,14H,5-6,8,16H2,1-2H3. The minimum Gasteiger partial charge on any atom is -0.496 e. The van der Waals surface area contributed by atoms with Crippen molar-refractivity contribution >= 4 is 39.5 Å². The molecule has 1 fully saturated rings. The summed E-state index contributed by atoms with van der Waals surface area (Å²) >= 11 is 7.60. The molecule has 0 spiro atoms. The molecule has 1 heterocycles. The Morgan fingerprint density at radius 2 is 2.16 bits per heavy atom. The molecule has 1 saturated heterocycles. The summed E-state index contributed by atoms with van der Waals surface area (Å²) in [7, 11) is 1.68. The van der Waals surface area contributed by atoms with Gasteiger partial charge in [0.2, 0.25) is 0 Å². The summed E-state index contributed by atoms with van der Waals surface area (Å²) in [5, 5.41) is 1.20. The van der Waals surface area contributed by atoms with Crippen LogP contribution in [0.5, 0.6) is 5.75 Å². The Morgan fingerprint density at radius 3 is 2.79 bits per heavy atom. The molecule has 0 radical (unpaired) electrons. The predicted molar refractivity (Wildman–Crippen MR) is 90.5 cm³/mol. The maximum Gasteiger partial charge on any atom is 0.133 e. The summed E-state index contributed by atoms with van der Waals surface area (Å²) in [5.74, 6) is 3.34. The lowest BCUT2D eigenvalue weighted by Crippen LogP contribution is -2.42. The first-order valence-electron chi connectivity index (χ1n) is 6.43. The van der Waals surface area contributed by atoms with Gasteiger partial charge in [-0.2, -0.15) is 23.5 Å². The largest absolute Gasteiger partial charge is 0.496 e. The van der Waals surface area contributed by atoms with Crippen molar-refractivity contribution < 1.29 is 4.74 Å². The number of nitrogens with two attached hydrogens (primary N) is 1. The van der Waals surface area contributed by atoms with Gasteiger partial charge >= 0.3 is 0 Å². The molecule has 2 nitrogen and oxygen atoms in total. The topological polar surface area (TPSA) is 35.2 Å². The van der Waals surface area contributed by atoms with Crippen LogP contribution in [0.3, 0.4) is 0 Å². The van der Waals surface area contributed by atoms with Crippen LogP contribution in [0, 0.1) is 0 Å². The van der Waals surface area contributed by atoms with E-state index in [1.165, 1.54) is 17.1 Å². The maximum atomic E-state index is 6.41. The minimum absolute atomic E-state index is 0.216. The first-order chi connectivity index (χ1) is 9.11. The molecule has 1 aromatic rings. The second-order valence-corrected chi connectivity index (χ2v) is 8.37. The molecule has 1 aliphatic heterocycles. The normalized spacial score (nSPS) is 25.1. The Balaban J connectivity index is 2.01. The number of thioether (sulfide) groups is 2. The zero-order valence-corrected chi connectivity index (χ0v) is 14.5. The van der Waals surface area contributed by atoms with Gasteiger partial charge in [-0.3, -0.25) is 0 Å². The second-order valence-electron chi connectivity index (χ2n) is 4.75. The molecule has 2 N–H and O–H groups in total. The van der Waals surface area contributed by atoms with E-state index < -0.39 is 0 Å². The SMILES string of the molecule is COc1ccc(CC(N)C2SCCSC2C)cc1Br. The van der Waals surface area contributed by atoms with Gasteiger partial charge in [0.15, 0.2) is 0 Å². The second kappa shape index (κ2) is 7.25. The predicted octanol–water partition coefficient (Wildman–Crippen LogP) is 3.56. The van der Waals surface area contributed by atoms with Crippen molar-refractivity contribution in [2.24, 2.45) is 5.73 Å². The van der Waals surface area contributed by atoms with Gasteiger partial charge in [0.25, 0.3) is 0 Å². The van der Waals surface area contributed by atoms with Crippen LogP contribution >= 0.6 is 39.5 Å². The fourth-order valence-electron chi connectivity index (χ4n) is 2.35. The molecule has 0 amide bonds. The van der Waals surface area contributed by atoms with Crippen LogP contribution in [-0.4, -0.2) is 35.2 Å². The first-order valence-corrected chi connectivity index (χ1v) is 9.32. The van der Waals surface area contributed by atoms with Crippen LogP contribution in [0.2, 0.25) is 0 Å². The number of methoxy groups -OCH3 is 1. The third-order valence-electron chi connectivity index (χ3n) is 3.35. The van der Waals surface area contributed by atoms with Crippen molar-refractivity contribution in [2.75, 3.05) is 18.6 Å². The van der Waals surface area contributed by atoms with E-state index in [0.717, 1.165) is 16.6 Å². The zero-order valence-electron chi connectivity index (χ0n) is 11.3. The molecular weight excluding hydrogens is 342 g/mol. The highest BCUT2D eigenvalue weighted by Gasteiger charge is 2.28. The lowest BCUT2D eigenvalue weighted by atomic mass is 10.0. The summed E-state index contributed by atoms with van der Waals surface area (Å²) in [6.45, 7) is 2.30. The molecule has 1 aliphatic rings. The van der Waals surface area contributed by atoms with Crippen LogP contribution in [-0.2, 0) is 6.42 Å². The highest BCUT2D eigenvalue weighted by Crippen LogP contribution is 2.34. The van der Waals surface area contributed by atoms with Gasteiger partial charge in [-0.25, -0.2) is 0 Å². The van der Waals surface area contributed by atoms with Crippen molar-refractivity contribution in [1.82, 2.24) is 0 Å². The maximum absolute atomic E-state index is 6.41. The number of hydrogen-bond donors (Lipinski definition) is 1. The summed E-state index contributed by atoms with van der Waals surface area (Å²) in [6, 6.07) is 6.44. The summed E-state index contributed by atoms with van der Waals surface area (Å²) in [4.78, 5) is 0. The fourth-order valence-corrected chi connectivity index (χ4v) is 5.82. The summed E-state index contributed by atoms with van der Waals surface area (Å²) in [6.07, 6.45) is 0.922. The van der Waals surface area contributed by atoms with Crippen LogP contribution in [0.25, 0.3) is 0 Å². The van der Waals surface area contributed by atoms with E-state index in [1.54, 1.807) is 7.11 Å². The average Bonchev–Trinajstić information content (AvgIpc) is 2.39. The smallest absolute Gasteiger partial charge is 0.133 e. The van der Waals surface area contributed by atoms with Gasteiger partial charge in [0.1, 0.15) is 5.75 Å². The van der Waals surface area contributed by atoms with E-state index in [4.69, 9.17) is 10.5 Å². The van der Waals surface area contributed by atoms with E-state index in [-0.39, 0.29) is 6.04 Å². The molecule has 3 unspecified atom stereocenters. The molecule has 0 bridgehead atoms. The van der Waals surface area contributed by atoms with Crippen LogP contribution in [0.15, 0.2) is 22.7 Å². The highest BCUT2D eigenvalue weighted by molar-refractivity contribution is 9.10. The molecule has 2 rings (SSSR count). The Bertz CT molecular complexity index is 430. The number of rotatable bonds is 4. The van der Waals surface area contributed by atoms with Crippen LogP contribution in [0.1, 0.15) is 12.5 Å². The Labute approximate surface area is 132 Å². The van der Waals surface area contributed by atoms with Gasteiger partial charge in [-0.05, 0) is 40.0 Å². The number of ether oxygens (including phenoxy) is 1. The van der Waals surface area contributed by atoms with Gasteiger partial charge < -0.3 is 10.5 Å². The van der Waals surface area contributed by atoms with Gasteiger partial charge in [0, 0.05) is 28.0 Å². The van der Waals surface area contributed by atoms with E-state index in [0.29, 0.717) is 10.5 Å². The molecule has 106 valence electrons. The van der Waals surface area contributed by atoms with E-state index in [2.05, 4.69) is 35.0 Å². The van der Waals surface area contributed by atoms with Crippen molar-refractivity contribution in [3.05, 3.63) is 28.2 Å². The molecule has 5 heteroatoms. The summed E-state index contributed by atoms with van der Waals surface area (Å²) in [5.41, 5.74) is 7.68. The summed E-state index contributed by atoms with van der Waals surface area (Å²) < 4.78 is 6.25. The van der Waals surface area contributed by atoms with Gasteiger partial charge in [-0.15, -0.1) is 0 Å². The number of benzene rings is 1.